The van der Waals surface area contributed by atoms with Crippen molar-refractivity contribution in [2.75, 3.05) is 31.1 Å². The topological polar surface area (TPSA) is 40.1 Å². The maximum Gasteiger partial charge on any atom is 0.0755 e. The van der Waals surface area contributed by atoms with Gasteiger partial charge in [-0.3, -0.25) is 4.21 Å². The Hall–Kier alpha value is 0.0700. The van der Waals surface area contributed by atoms with Crippen LogP contribution >= 0.6 is 0 Å². The zero-order chi connectivity index (χ0) is 11.7. The van der Waals surface area contributed by atoms with Gasteiger partial charge >= 0.3 is 0 Å². The van der Waals surface area contributed by atoms with Crippen molar-refractivity contribution < 1.29 is 8.86 Å². The lowest BCUT2D eigenvalue weighted by Gasteiger charge is -2.39. The van der Waals surface area contributed by atoms with E-state index in [0.29, 0.717) is 19.6 Å². The summed E-state index contributed by atoms with van der Waals surface area (Å²) in [6, 6.07) is 0. The van der Waals surface area contributed by atoms with Crippen LogP contribution in [0, 0.1) is 5.21 Å². The summed E-state index contributed by atoms with van der Waals surface area (Å²) < 4.78 is 10.5. The van der Waals surface area contributed by atoms with Crippen molar-refractivity contribution in [3.05, 3.63) is 5.21 Å². The molecule has 1 fully saturated rings. The molecule has 0 amide bonds. The van der Waals surface area contributed by atoms with Gasteiger partial charge in [0.1, 0.15) is 0 Å². The van der Waals surface area contributed by atoms with E-state index >= 15 is 0 Å². The van der Waals surface area contributed by atoms with Crippen LogP contribution in [-0.2, 0) is 10.8 Å². The number of rotatable bonds is 3. The van der Waals surface area contributed by atoms with Crippen LogP contribution in [0.1, 0.15) is 40.0 Å². The molecule has 4 heteroatoms. The van der Waals surface area contributed by atoms with Gasteiger partial charge < -0.3 is 9.85 Å². The van der Waals surface area contributed by atoms with Crippen LogP contribution in [-0.4, -0.2) is 40.0 Å². The monoisotopic (exact) mass is 235 g/mol. The molecule has 0 aromatic heterocycles. The Morgan fingerprint density at radius 2 is 1.40 bits per heavy atom. The minimum absolute atomic E-state index is 0.0417. The van der Waals surface area contributed by atoms with Crippen LogP contribution in [0.25, 0.3) is 0 Å². The summed E-state index contributed by atoms with van der Waals surface area (Å²) in [5.74, 6) is 1.92. The van der Waals surface area contributed by atoms with Gasteiger partial charge in [-0.05, 0) is 33.6 Å². The normalized spacial score (nSPS) is 18.1. The van der Waals surface area contributed by atoms with Crippen molar-refractivity contribution in [1.29, 1.82) is 0 Å². The molecule has 1 aliphatic heterocycles. The summed E-state index contributed by atoms with van der Waals surface area (Å²) in [7, 11) is -0.440. The van der Waals surface area contributed by atoms with Crippen LogP contribution < -0.4 is 0 Å². The lowest BCUT2D eigenvalue weighted by Crippen LogP contribution is -2.41. The molecular formula is C11H25NO2S. The minimum Gasteiger partial charge on any atom is -0.633 e. The molecule has 1 aliphatic rings. The average Bonchev–Trinajstić information content (AvgIpc) is 2.30. The quantitative estimate of drug-likeness (QED) is 0.556. The van der Waals surface area contributed by atoms with Gasteiger partial charge in [0, 0.05) is 22.3 Å². The van der Waals surface area contributed by atoms with E-state index in [0.717, 1.165) is 11.5 Å². The van der Waals surface area contributed by atoms with E-state index in [1.165, 1.54) is 19.3 Å². The van der Waals surface area contributed by atoms with Crippen molar-refractivity contribution in [1.82, 2.24) is 0 Å². The van der Waals surface area contributed by atoms with Crippen LogP contribution in [0.3, 0.4) is 0 Å². The summed E-state index contributed by atoms with van der Waals surface area (Å²) in [5, 5.41) is 11.1. The molecule has 1 saturated heterocycles. The maximum absolute atomic E-state index is 11.1. The summed E-state index contributed by atoms with van der Waals surface area (Å²) in [5.41, 5.74) is 0. The third-order valence-corrected chi connectivity index (χ3v) is 4.46. The predicted molar refractivity (Wildman–Crippen MR) is 67.0 cm³/mol. The third-order valence-electron chi connectivity index (χ3n) is 2.97. The summed E-state index contributed by atoms with van der Waals surface area (Å²) >= 11 is 0. The molecule has 0 atom stereocenters. The molecule has 0 aromatic rings. The fourth-order valence-electron chi connectivity index (χ4n) is 1.48. The fourth-order valence-corrected chi connectivity index (χ4v) is 2.73. The summed E-state index contributed by atoms with van der Waals surface area (Å²) in [4.78, 5) is 0. The van der Waals surface area contributed by atoms with E-state index < -0.39 is 10.8 Å². The number of nitrogens with zero attached hydrogens (tertiary/aromatic N) is 1. The minimum atomic E-state index is -0.440. The second kappa shape index (κ2) is 8.25. The van der Waals surface area contributed by atoms with Crippen molar-refractivity contribution in [2.24, 2.45) is 0 Å². The molecule has 0 unspecified atom stereocenters. The van der Waals surface area contributed by atoms with Gasteiger partial charge in [-0.25, -0.2) is 0 Å². The van der Waals surface area contributed by atoms with Gasteiger partial charge in [-0.1, -0.05) is 6.42 Å². The van der Waals surface area contributed by atoms with Gasteiger partial charge in [0.05, 0.1) is 19.6 Å². The number of quaternary nitrogens is 1. The molecule has 92 valence electrons. The highest BCUT2D eigenvalue weighted by Gasteiger charge is 2.05. The average molecular weight is 235 g/mol. The van der Waals surface area contributed by atoms with Gasteiger partial charge in [0.15, 0.2) is 0 Å². The van der Waals surface area contributed by atoms with Gasteiger partial charge in [-0.2, -0.15) is 0 Å². The van der Waals surface area contributed by atoms with Gasteiger partial charge in [-0.15, -0.1) is 0 Å². The first-order chi connectivity index (χ1) is 7.08. The molecule has 0 aliphatic carbocycles. The van der Waals surface area contributed by atoms with Crippen LogP contribution in [0.4, 0.5) is 0 Å². The van der Waals surface area contributed by atoms with Crippen LogP contribution in [0.5, 0.6) is 0 Å². The van der Waals surface area contributed by atoms with Crippen LogP contribution in [0.2, 0.25) is 0 Å². The second-order valence-electron chi connectivity index (χ2n) is 3.92. The van der Waals surface area contributed by atoms with Crippen molar-refractivity contribution in [3.8, 4) is 0 Å². The number of hydroxylamine groups is 3. The third kappa shape index (κ3) is 7.03. The number of hydrogen-bond donors (Lipinski definition) is 0. The Labute approximate surface area is 96.5 Å². The Morgan fingerprint density at radius 1 is 1.00 bits per heavy atom. The summed E-state index contributed by atoms with van der Waals surface area (Å²) in [6.45, 7) is 7.90. The van der Waals surface area contributed by atoms with Crippen LogP contribution in [0.15, 0.2) is 0 Å². The Morgan fingerprint density at radius 3 is 1.53 bits per heavy atom. The Bertz CT molecular complexity index is 165. The molecular weight excluding hydrogens is 210 g/mol. The lowest BCUT2D eigenvalue weighted by molar-refractivity contribution is -0.875. The molecule has 15 heavy (non-hydrogen) atoms. The van der Waals surface area contributed by atoms with E-state index in [1.807, 2.05) is 20.8 Å². The molecule has 0 saturated carbocycles. The molecule has 1 rings (SSSR count). The van der Waals surface area contributed by atoms with E-state index in [4.69, 9.17) is 0 Å². The summed E-state index contributed by atoms with van der Waals surface area (Å²) in [6.07, 6.45) is 3.67. The zero-order valence-electron chi connectivity index (χ0n) is 10.3. The molecule has 1 heterocycles. The molecule has 0 N–H and O–H groups in total. The molecule has 0 spiro atoms. The highest BCUT2D eigenvalue weighted by atomic mass is 32.2. The SMILES string of the molecule is CC[N+]([O-])(CC)CC.O=S1CCCCC1. The highest BCUT2D eigenvalue weighted by Crippen LogP contribution is 2.05. The first-order valence-corrected chi connectivity index (χ1v) is 7.48. The van der Waals surface area contributed by atoms with Crippen molar-refractivity contribution >= 4 is 10.8 Å². The highest BCUT2D eigenvalue weighted by molar-refractivity contribution is 7.85. The largest absolute Gasteiger partial charge is 0.633 e. The van der Waals surface area contributed by atoms with Gasteiger partial charge in [0.2, 0.25) is 0 Å². The molecule has 0 bridgehead atoms. The smallest absolute Gasteiger partial charge is 0.0755 e. The Balaban J connectivity index is 0.000000262. The van der Waals surface area contributed by atoms with Crippen molar-refractivity contribution in [2.45, 2.75) is 40.0 Å². The second-order valence-corrected chi connectivity index (χ2v) is 5.61. The maximum atomic E-state index is 11.1. The standard InChI is InChI=1S/C6H15NO.C5H10OS/c1-4-7(8,5-2)6-3;6-7-4-2-1-3-5-7/h4-6H2,1-3H3;1-5H2. The van der Waals surface area contributed by atoms with E-state index in [1.54, 1.807) is 0 Å². The molecule has 3 nitrogen and oxygen atoms in total. The number of hydrogen-bond acceptors (Lipinski definition) is 2. The van der Waals surface area contributed by atoms with E-state index in [9.17, 15) is 9.42 Å². The predicted octanol–water partition coefficient (Wildman–Crippen LogP) is 2.28. The fraction of sp³-hybridized carbons (Fsp3) is 1.00. The molecule has 0 radical (unpaired) electrons. The Kier molecular flexibility index (Phi) is 8.29. The van der Waals surface area contributed by atoms with E-state index in [2.05, 4.69) is 0 Å². The van der Waals surface area contributed by atoms with Gasteiger partial charge in [0.25, 0.3) is 0 Å². The zero-order valence-corrected chi connectivity index (χ0v) is 11.1. The van der Waals surface area contributed by atoms with Crippen molar-refractivity contribution in [3.63, 3.8) is 0 Å². The lowest BCUT2D eigenvalue weighted by atomic mass is 10.3. The first-order valence-electron chi connectivity index (χ1n) is 6.00. The molecule has 0 aromatic carbocycles. The first kappa shape index (κ1) is 15.1. The van der Waals surface area contributed by atoms with E-state index in [-0.39, 0.29) is 4.65 Å².